The maximum Gasteiger partial charge on any atom is 0.407 e. The minimum absolute atomic E-state index is 0.854. The number of aliphatic carboxylic acids is 1. The van der Waals surface area contributed by atoms with Crippen molar-refractivity contribution in [2.75, 3.05) is 7.11 Å². The lowest BCUT2D eigenvalue weighted by atomic mass is 10.1. The minimum Gasteiger partial charge on any atom is -0.480 e. The van der Waals surface area contributed by atoms with Crippen molar-refractivity contribution in [3.63, 3.8) is 0 Å². The number of hydrogen-bond donors (Lipinski definition) is 2. The Hall–Kier alpha value is -1.26. The first-order valence-electron chi connectivity index (χ1n) is 3.86. The number of methoxy groups -OCH3 is 1. The van der Waals surface area contributed by atoms with Crippen LogP contribution in [0.25, 0.3) is 0 Å². The summed E-state index contributed by atoms with van der Waals surface area (Å²) in [6, 6.07) is -1.28. The molecule has 5 nitrogen and oxygen atoms in total. The van der Waals surface area contributed by atoms with Crippen LogP contribution < -0.4 is 5.32 Å². The molecule has 0 saturated heterocycles. The largest absolute Gasteiger partial charge is 0.480 e. The Morgan fingerprint density at radius 3 is 2.33 bits per heavy atom. The number of hydrogen-bond acceptors (Lipinski definition) is 3. The number of carbonyl (C=O) groups is 2. The highest BCUT2D eigenvalue weighted by molar-refractivity contribution is 5.80. The Bertz CT molecular complexity index is 211. The third-order valence-electron chi connectivity index (χ3n) is 1.27. The second-order valence-electron chi connectivity index (χ2n) is 2.48. The van der Waals surface area contributed by atoms with Crippen LogP contribution in [-0.4, -0.2) is 30.3 Å². The smallest absolute Gasteiger partial charge is 0.407 e. The third-order valence-corrected chi connectivity index (χ3v) is 1.27. The van der Waals surface area contributed by atoms with E-state index in [0.717, 1.165) is 7.11 Å². The quantitative estimate of drug-likeness (QED) is 0.654. The maximum atomic E-state index is 10.7. The first kappa shape index (κ1) is 8.83. The van der Waals surface area contributed by atoms with Crippen LogP contribution in [0.15, 0.2) is 0 Å². The van der Waals surface area contributed by atoms with Gasteiger partial charge in [0.2, 0.25) is 0 Å². The van der Waals surface area contributed by atoms with Crippen LogP contribution in [0.1, 0.15) is 15.2 Å². The second kappa shape index (κ2) is 4.58. The molecule has 0 rings (SSSR count). The SMILES string of the molecule is [2H]C(C)(C)C(NC(=O)OC)C(=O)O. The highest BCUT2D eigenvalue weighted by Crippen LogP contribution is 2.01. The molecule has 0 aliphatic carbocycles. The molecule has 2 N–H and O–H groups in total. The number of rotatable bonds is 3. The minimum atomic E-state index is -1.29. The summed E-state index contributed by atoms with van der Waals surface area (Å²) >= 11 is 0. The molecule has 0 aromatic heterocycles. The van der Waals surface area contributed by atoms with E-state index in [9.17, 15) is 9.59 Å². The predicted octanol–water partition coefficient (Wildman–Crippen LogP) is 0.452. The van der Waals surface area contributed by atoms with Gasteiger partial charge in [-0.05, 0) is 5.89 Å². The molecule has 5 heteroatoms. The summed E-state index contributed by atoms with van der Waals surface area (Å²) in [7, 11) is 1.13. The zero-order valence-electron chi connectivity index (χ0n) is 8.25. The average Bonchev–Trinajstić information content (AvgIpc) is 1.96. The Kier molecular flexibility index (Phi) is 3.37. The second-order valence-corrected chi connectivity index (χ2v) is 2.48. The molecule has 0 aromatic carbocycles. The fraction of sp³-hybridized carbons (Fsp3) is 0.714. The lowest BCUT2D eigenvalue weighted by molar-refractivity contribution is -0.140. The number of carbonyl (C=O) groups excluding carboxylic acids is 1. The Morgan fingerprint density at radius 1 is 1.58 bits per heavy atom. The van der Waals surface area contributed by atoms with Crippen molar-refractivity contribution in [3.05, 3.63) is 0 Å². The maximum absolute atomic E-state index is 10.7. The van der Waals surface area contributed by atoms with Crippen molar-refractivity contribution in [1.29, 1.82) is 0 Å². The predicted molar refractivity (Wildman–Crippen MR) is 41.8 cm³/mol. The summed E-state index contributed by atoms with van der Waals surface area (Å²) in [6.45, 7) is 2.78. The number of carboxylic acids is 1. The van der Waals surface area contributed by atoms with E-state index < -0.39 is 24.0 Å². The molecule has 70 valence electrons. The summed E-state index contributed by atoms with van der Waals surface area (Å²) < 4.78 is 11.7. The van der Waals surface area contributed by atoms with Gasteiger partial charge in [0.1, 0.15) is 6.04 Å². The highest BCUT2D eigenvalue weighted by atomic mass is 16.5. The average molecular weight is 176 g/mol. The molecule has 0 aromatic rings. The molecule has 0 aliphatic rings. The molecule has 0 spiro atoms. The molecule has 1 unspecified atom stereocenters. The van der Waals surface area contributed by atoms with E-state index in [2.05, 4.69) is 10.1 Å². The van der Waals surface area contributed by atoms with Crippen LogP contribution in [-0.2, 0) is 9.53 Å². The van der Waals surface area contributed by atoms with E-state index in [4.69, 9.17) is 6.48 Å². The van der Waals surface area contributed by atoms with Gasteiger partial charge in [-0.15, -0.1) is 0 Å². The fourth-order valence-corrected chi connectivity index (χ4v) is 0.630. The van der Waals surface area contributed by atoms with Crippen molar-refractivity contribution in [2.24, 2.45) is 5.89 Å². The van der Waals surface area contributed by atoms with Gasteiger partial charge in [-0.3, -0.25) is 0 Å². The lowest BCUT2D eigenvalue weighted by Gasteiger charge is -2.16. The van der Waals surface area contributed by atoms with Gasteiger partial charge in [0.05, 0.1) is 7.11 Å². The standard InChI is InChI=1S/C7H13NO4/c1-4(2)5(6(9)10)8-7(11)12-3/h4-5H,1-3H3,(H,8,11)(H,9,10)/i4D. The Balaban J connectivity index is 4.46. The van der Waals surface area contributed by atoms with Crippen molar-refractivity contribution < 1.29 is 20.8 Å². The molecule has 0 saturated carbocycles. The van der Waals surface area contributed by atoms with Gasteiger partial charge >= 0.3 is 12.1 Å². The number of ether oxygens (including phenoxy) is 1. The first-order valence-corrected chi connectivity index (χ1v) is 3.36. The third kappa shape index (κ3) is 3.23. The molecule has 1 amide bonds. The summed E-state index contributed by atoms with van der Waals surface area (Å²) in [4.78, 5) is 21.3. The summed E-state index contributed by atoms with van der Waals surface area (Å²) in [5.74, 6) is -2.55. The van der Waals surface area contributed by atoms with Gasteiger partial charge in [0.15, 0.2) is 0 Å². The van der Waals surface area contributed by atoms with Crippen molar-refractivity contribution in [2.45, 2.75) is 19.9 Å². The molecule has 0 bridgehead atoms. The van der Waals surface area contributed by atoms with Crippen LogP contribution in [0.5, 0.6) is 0 Å². The molecular formula is C7H13NO4. The van der Waals surface area contributed by atoms with Gasteiger partial charge in [-0.25, -0.2) is 9.59 Å². The van der Waals surface area contributed by atoms with Crippen LogP contribution in [0.2, 0.25) is 0 Å². The van der Waals surface area contributed by atoms with Gasteiger partial charge < -0.3 is 15.2 Å². The summed E-state index contributed by atoms with van der Waals surface area (Å²) in [5.41, 5.74) is 0. The zero-order valence-corrected chi connectivity index (χ0v) is 7.25. The van der Waals surface area contributed by atoms with E-state index in [1.165, 1.54) is 13.8 Å². The van der Waals surface area contributed by atoms with Crippen LogP contribution in [0.3, 0.4) is 0 Å². The van der Waals surface area contributed by atoms with Crippen LogP contribution in [0, 0.1) is 5.89 Å². The van der Waals surface area contributed by atoms with Crippen LogP contribution >= 0.6 is 0 Å². The molecular weight excluding hydrogens is 162 g/mol. The number of carboxylic acid groups (broad SMARTS) is 1. The van der Waals surface area contributed by atoms with Crippen molar-refractivity contribution in [1.82, 2.24) is 5.32 Å². The molecule has 0 radical (unpaired) electrons. The highest BCUT2D eigenvalue weighted by Gasteiger charge is 2.23. The monoisotopic (exact) mass is 176 g/mol. The Morgan fingerprint density at radius 2 is 2.08 bits per heavy atom. The van der Waals surface area contributed by atoms with Gasteiger partial charge in [-0.1, -0.05) is 13.8 Å². The topological polar surface area (TPSA) is 75.6 Å². The van der Waals surface area contributed by atoms with E-state index in [1.54, 1.807) is 0 Å². The van der Waals surface area contributed by atoms with Crippen molar-refractivity contribution >= 4 is 12.1 Å². The normalized spacial score (nSPS) is 14.4. The Labute approximate surface area is 72.1 Å². The van der Waals surface area contributed by atoms with Gasteiger partial charge in [-0.2, -0.15) is 0 Å². The van der Waals surface area contributed by atoms with Gasteiger partial charge in [0, 0.05) is 1.37 Å². The number of nitrogens with one attached hydrogen (secondary N) is 1. The summed E-state index contributed by atoms with van der Waals surface area (Å²) in [6.07, 6.45) is -0.854. The van der Waals surface area contributed by atoms with Crippen LogP contribution in [0.4, 0.5) is 4.79 Å². The van der Waals surface area contributed by atoms with E-state index >= 15 is 0 Å². The van der Waals surface area contributed by atoms with Crippen molar-refractivity contribution in [3.8, 4) is 0 Å². The fourth-order valence-electron chi connectivity index (χ4n) is 0.630. The molecule has 0 heterocycles. The van der Waals surface area contributed by atoms with Gasteiger partial charge in [0.25, 0.3) is 0 Å². The number of alkyl carbamates (subject to hydrolysis) is 1. The van der Waals surface area contributed by atoms with E-state index in [0.29, 0.717) is 0 Å². The zero-order chi connectivity index (χ0) is 10.6. The molecule has 0 aliphatic heterocycles. The van der Waals surface area contributed by atoms with E-state index in [1.807, 2.05) is 0 Å². The molecule has 1 atom stereocenters. The number of amides is 1. The molecule has 0 fully saturated rings. The summed E-state index contributed by atoms with van der Waals surface area (Å²) in [5, 5.41) is 10.7. The first-order chi connectivity index (χ1) is 5.79. The lowest BCUT2D eigenvalue weighted by Crippen LogP contribution is -2.44. The molecule has 12 heavy (non-hydrogen) atoms. The van der Waals surface area contributed by atoms with E-state index in [-0.39, 0.29) is 0 Å².